The van der Waals surface area contributed by atoms with Gasteiger partial charge in [0.1, 0.15) is 0 Å². The zero-order valence-corrected chi connectivity index (χ0v) is 11.3. The summed E-state index contributed by atoms with van der Waals surface area (Å²) in [5, 5.41) is 7.01. The summed E-state index contributed by atoms with van der Waals surface area (Å²) in [6.45, 7) is 3.79. The van der Waals surface area contributed by atoms with Crippen LogP contribution in [0.4, 0.5) is 0 Å². The van der Waals surface area contributed by atoms with E-state index in [0.717, 1.165) is 31.5 Å². The Kier molecular flexibility index (Phi) is 4.61. The predicted molar refractivity (Wildman–Crippen MR) is 73.6 cm³/mol. The Bertz CT molecular complexity index is 416. The number of carbonyl (C=O) groups excluding carboxylic acids is 1. The molecule has 0 aromatic heterocycles. The van der Waals surface area contributed by atoms with Crippen molar-refractivity contribution in [1.29, 1.82) is 0 Å². The van der Waals surface area contributed by atoms with Gasteiger partial charge in [0, 0.05) is 11.6 Å². The number of carbonyl (C=O) groups is 1. The van der Waals surface area contributed by atoms with Crippen LogP contribution in [0.3, 0.4) is 0 Å². The van der Waals surface area contributed by atoms with Crippen LogP contribution in [0, 0.1) is 5.92 Å². The highest BCUT2D eigenvalue weighted by Gasteiger charge is 2.22. The van der Waals surface area contributed by atoms with E-state index in [4.69, 9.17) is 11.6 Å². The van der Waals surface area contributed by atoms with Crippen LogP contribution in [0.25, 0.3) is 0 Å². The number of halogens is 1. The largest absolute Gasteiger partial charge is 0.349 e. The summed E-state index contributed by atoms with van der Waals surface area (Å²) >= 11 is 5.95. The van der Waals surface area contributed by atoms with E-state index in [1.54, 1.807) is 0 Å². The predicted octanol–water partition coefficient (Wildman–Crippen LogP) is 2.52. The van der Waals surface area contributed by atoms with E-state index in [2.05, 4.69) is 10.6 Å². The van der Waals surface area contributed by atoms with E-state index in [1.807, 2.05) is 31.2 Å². The Morgan fingerprint density at radius 3 is 3.06 bits per heavy atom. The van der Waals surface area contributed by atoms with Gasteiger partial charge in [-0.25, -0.2) is 0 Å². The van der Waals surface area contributed by atoms with Crippen LogP contribution in [0.5, 0.6) is 0 Å². The van der Waals surface area contributed by atoms with Crippen molar-refractivity contribution < 1.29 is 4.79 Å². The topological polar surface area (TPSA) is 41.1 Å². The van der Waals surface area contributed by atoms with Gasteiger partial charge in [0.2, 0.25) is 5.91 Å². The first kappa shape index (κ1) is 13.4. The second-order valence-electron chi connectivity index (χ2n) is 4.83. The number of piperidine rings is 1. The molecule has 0 saturated carbocycles. The van der Waals surface area contributed by atoms with Gasteiger partial charge in [0.05, 0.1) is 12.0 Å². The zero-order chi connectivity index (χ0) is 13.0. The van der Waals surface area contributed by atoms with Gasteiger partial charge in [-0.15, -0.1) is 0 Å². The lowest BCUT2D eigenvalue weighted by Crippen LogP contribution is -2.41. The first-order valence-corrected chi connectivity index (χ1v) is 6.81. The number of benzene rings is 1. The Morgan fingerprint density at radius 1 is 1.56 bits per heavy atom. The molecule has 2 N–H and O–H groups in total. The minimum Gasteiger partial charge on any atom is -0.349 e. The molecule has 0 spiro atoms. The Labute approximate surface area is 113 Å². The van der Waals surface area contributed by atoms with E-state index in [1.165, 1.54) is 0 Å². The van der Waals surface area contributed by atoms with Crippen LogP contribution in [-0.4, -0.2) is 19.0 Å². The maximum atomic E-state index is 12.1. The van der Waals surface area contributed by atoms with Crippen LogP contribution in [0.2, 0.25) is 5.02 Å². The molecule has 1 aromatic carbocycles. The van der Waals surface area contributed by atoms with Crippen molar-refractivity contribution in [1.82, 2.24) is 10.6 Å². The molecule has 0 aliphatic carbocycles. The number of nitrogens with one attached hydrogen (secondary N) is 2. The monoisotopic (exact) mass is 266 g/mol. The smallest absolute Gasteiger partial charge is 0.224 e. The van der Waals surface area contributed by atoms with Gasteiger partial charge in [-0.3, -0.25) is 4.79 Å². The lowest BCUT2D eigenvalue weighted by Gasteiger charge is -2.24. The third kappa shape index (κ3) is 3.47. The minimum atomic E-state index is -0.00173. The molecular weight excluding hydrogens is 248 g/mol. The average molecular weight is 267 g/mol. The van der Waals surface area contributed by atoms with Crippen molar-refractivity contribution in [3.8, 4) is 0 Å². The van der Waals surface area contributed by atoms with Crippen LogP contribution in [-0.2, 0) is 4.79 Å². The average Bonchev–Trinajstić information content (AvgIpc) is 2.39. The van der Waals surface area contributed by atoms with E-state index >= 15 is 0 Å². The molecule has 0 bridgehead atoms. The van der Waals surface area contributed by atoms with E-state index in [0.29, 0.717) is 5.02 Å². The Hall–Kier alpha value is -1.06. The normalized spacial score (nSPS) is 21.3. The number of amides is 1. The molecule has 98 valence electrons. The molecule has 1 fully saturated rings. The fraction of sp³-hybridized carbons (Fsp3) is 0.500. The highest BCUT2D eigenvalue weighted by Crippen LogP contribution is 2.18. The molecule has 1 aromatic rings. The Morgan fingerprint density at radius 2 is 2.39 bits per heavy atom. The summed E-state index contributed by atoms with van der Waals surface area (Å²) in [7, 11) is 0. The number of hydrogen-bond donors (Lipinski definition) is 2. The highest BCUT2D eigenvalue weighted by molar-refractivity contribution is 6.30. The molecule has 2 atom stereocenters. The van der Waals surface area contributed by atoms with Crippen LogP contribution < -0.4 is 10.6 Å². The second-order valence-corrected chi connectivity index (χ2v) is 5.26. The van der Waals surface area contributed by atoms with E-state index < -0.39 is 0 Å². The van der Waals surface area contributed by atoms with Crippen molar-refractivity contribution in [3.05, 3.63) is 34.9 Å². The molecule has 2 rings (SSSR count). The van der Waals surface area contributed by atoms with Crippen LogP contribution in [0.15, 0.2) is 24.3 Å². The molecule has 3 nitrogen and oxygen atoms in total. The van der Waals surface area contributed by atoms with Gasteiger partial charge in [0.25, 0.3) is 0 Å². The summed E-state index contributed by atoms with van der Waals surface area (Å²) in [5.74, 6) is 0.232. The molecule has 1 aliphatic rings. The maximum absolute atomic E-state index is 12.1. The number of hydrogen-bond acceptors (Lipinski definition) is 2. The summed E-state index contributed by atoms with van der Waals surface area (Å²) in [4.78, 5) is 12.1. The quantitative estimate of drug-likeness (QED) is 0.883. The standard InChI is InChI=1S/C14H19ClN2O/c1-10(11-4-2-6-13(15)8-11)17-14(18)12-5-3-7-16-9-12/h2,4,6,8,10,12,16H,3,5,7,9H2,1H3,(H,17,18)/t10-,12?/m0/s1. The fourth-order valence-corrected chi connectivity index (χ4v) is 2.46. The summed E-state index contributed by atoms with van der Waals surface area (Å²) < 4.78 is 0. The zero-order valence-electron chi connectivity index (χ0n) is 10.6. The SMILES string of the molecule is C[C@H](NC(=O)C1CCCNC1)c1cccc(Cl)c1. The van der Waals surface area contributed by atoms with Gasteiger partial charge >= 0.3 is 0 Å². The first-order valence-electron chi connectivity index (χ1n) is 6.43. The molecule has 1 heterocycles. The van der Waals surface area contributed by atoms with Crippen molar-refractivity contribution in [2.75, 3.05) is 13.1 Å². The second kappa shape index (κ2) is 6.21. The van der Waals surface area contributed by atoms with Crippen molar-refractivity contribution in [3.63, 3.8) is 0 Å². The molecular formula is C14H19ClN2O. The molecule has 18 heavy (non-hydrogen) atoms. The van der Waals surface area contributed by atoms with Gasteiger partial charge in [0.15, 0.2) is 0 Å². The van der Waals surface area contributed by atoms with Gasteiger partial charge in [-0.2, -0.15) is 0 Å². The van der Waals surface area contributed by atoms with Gasteiger partial charge in [-0.05, 0) is 44.0 Å². The number of rotatable bonds is 3. The van der Waals surface area contributed by atoms with Crippen LogP contribution >= 0.6 is 11.6 Å². The highest BCUT2D eigenvalue weighted by atomic mass is 35.5. The summed E-state index contributed by atoms with van der Waals surface area (Å²) in [5.41, 5.74) is 1.04. The van der Waals surface area contributed by atoms with Gasteiger partial charge < -0.3 is 10.6 Å². The molecule has 1 aliphatic heterocycles. The third-order valence-electron chi connectivity index (χ3n) is 3.38. The van der Waals surface area contributed by atoms with Crippen molar-refractivity contribution in [2.45, 2.75) is 25.8 Å². The van der Waals surface area contributed by atoms with Gasteiger partial charge in [-0.1, -0.05) is 23.7 Å². The van der Waals surface area contributed by atoms with Crippen molar-refractivity contribution >= 4 is 17.5 Å². The lowest BCUT2D eigenvalue weighted by molar-refractivity contribution is -0.126. The summed E-state index contributed by atoms with van der Waals surface area (Å²) in [6.07, 6.45) is 2.05. The third-order valence-corrected chi connectivity index (χ3v) is 3.61. The maximum Gasteiger partial charge on any atom is 0.224 e. The first-order chi connectivity index (χ1) is 8.66. The van der Waals surface area contributed by atoms with E-state index in [9.17, 15) is 4.79 Å². The molecule has 1 unspecified atom stereocenters. The minimum absolute atomic E-state index is 0.00173. The Balaban J connectivity index is 1.94. The molecule has 4 heteroatoms. The lowest BCUT2D eigenvalue weighted by atomic mass is 9.98. The summed E-state index contributed by atoms with van der Waals surface area (Å²) in [6, 6.07) is 7.62. The molecule has 1 saturated heterocycles. The molecule has 0 radical (unpaired) electrons. The van der Waals surface area contributed by atoms with Crippen LogP contribution in [0.1, 0.15) is 31.4 Å². The fourth-order valence-electron chi connectivity index (χ4n) is 2.27. The van der Waals surface area contributed by atoms with Crippen molar-refractivity contribution in [2.24, 2.45) is 5.92 Å². The molecule has 1 amide bonds. The van der Waals surface area contributed by atoms with E-state index in [-0.39, 0.29) is 17.9 Å².